The number of hydrogen-bond acceptors (Lipinski definition) is 9. The Hall–Kier alpha value is -4.12. The Morgan fingerprint density at radius 2 is 1.00 bits per heavy atom. The van der Waals surface area contributed by atoms with Gasteiger partial charge >= 0.3 is 11.9 Å². The van der Waals surface area contributed by atoms with Gasteiger partial charge in [0.25, 0.3) is 11.8 Å². The fourth-order valence-corrected chi connectivity index (χ4v) is 4.14. The molecule has 1 saturated heterocycles. The summed E-state index contributed by atoms with van der Waals surface area (Å²) >= 11 is 0. The first kappa shape index (κ1) is 31.4. The van der Waals surface area contributed by atoms with Crippen LogP contribution in [0.2, 0.25) is 0 Å². The van der Waals surface area contributed by atoms with Crippen molar-refractivity contribution < 1.29 is 42.9 Å². The van der Waals surface area contributed by atoms with Crippen molar-refractivity contribution in [1.82, 2.24) is 10.6 Å². The van der Waals surface area contributed by atoms with Crippen molar-refractivity contribution in [2.24, 2.45) is 0 Å². The van der Waals surface area contributed by atoms with Crippen LogP contribution in [0.4, 0.5) is 0 Å². The third kappa shape index (κ3) is 9.49. The van der Waals surface area contributed by atoms with Crippen LogP contribution in [0.5, 0.6) is 11.5 Å². The van der Waals surface area contributed by atoms with Crippen molar-refractivity contribution in [3.05, 3.63) is 59.7 Å². The van der Waals surface area contributed by atoms with E-state index in [0.717, 1.165) is 11.1 Å². The summed E-state index contributed by atoms with van der Waals surface area (Å²) in [4.78, 5) is 51.0. The minimum atomic E-state index is -1.11. The van der Waals surface area contributed by atoms with Crippen LogP contribution in [0.15, 0.2) is 48.5 Å². The minimum Gasteiger partial charge on any atom is -0.494 e. The zero-order valence-corrected chi connectivity index (χ0v) is 23.8. The Labute approximate surface area is 239 Å². The van der Waals surface area contributed by atoms with E-state index in [4.69, 9.17) is 23.7 Å². The molecule has 0 aliphatic carbocycles. The Kier molecular flexibility index (Phi) is 12.0. The second kappa shape index (κ2) is 15.6. The summed E-state index contributed by atoms with van der Waals surface area (Å²) in [6, 6.07) is 12.3. The summed E-state index contributed by atoms with van der Waals surface area (Å²) in [6.45, 7) is 8.44. The van der Waals surface area contributed by atoms with Gasteiger partial charge in [-0.25, -0.2) is 9.59 Å². The Bertz CT molecular complexity index is 1080. The highest BCUT2D eigenvalue weighted by molar-refractivity contribution is 5.97. The molecule has 1 aliphatic heterocycles. The molecule has 0 aromatic heterocycles. The fourth-order valence-electron chi connectivity index (χ4n) is 4.14. The van der Waals surface area contributed by atoms with Crippen LogP contribution >= 0.6 is 0 Å². The SMILES string of the molecule is CCOC(=O)[C@H](Cc1ccc(OCC)cc1)NC(=O)[C@H]1O[C@@H]1C(=O)N[C@@H](Cc1ccc(OCC)cc1)C(=O)OCC. The third-order valence-electron chi connectivity index (χ3n) is 6.13. The van der Waals surface area contributed by atoms with Gasteiger partial charge in [0.15, 0.2) is 12.2 Å². The number of ether oxygens (including phenoxy) is 5. The lowest BCUT2D eigenvalue weighted by Crippen LogP contribution is -2.48. The molecule has 11 heteroatoms. The second-order valence-electron chi connectivity index (χ2n) is 9.17. The number of epoxide rings is 1. The molecule has 2 aromatic rings. The highest BCUT2D eigenvalue weighted by atomic mass is 16.6. The van der Waals surface area contributed by atoms with E-state index in [1.807, 2.05) is 13.8 Å². The van der Waals surface area contributed by atoms with Crippen molar-refractivity contribution >= 4 is 23.8 Å². The average molecular weight is 571 g/mol. The zero-order chi connectivity index (χ0) is 29.8. The molecule has 0 radical (unpaired) electrons. The van der Waals surface area contributed by atoms with Crippen molar-refractivity contribution in [2.45, 2.75) is 64.8 Å². The lowest BCUT2D eigenvalue weighted by atomic mass is 10.0. The summed E-state index contributed by atoms with van der Waals surface area (Å²) in [6.07, 6.45) is -1.87. The molecule has 2 amide bonds. The standard InChI is InChI=1S/C30H38N2O9/c1-5-37-21-13-9-19(10-14-21)17-23(29(35)39-7-3)31-27(33)25-26(41-25)28(34)32-24(30(36)40-8-4)18-20-11-15-22(16-12-20)38-6-2/h9-16,23-26H,5-8,17-18H2,1-4H3,(H,31,33)(H,32,34)/t23-,24-,25-,26-/m0/s1. The van der Waals surface area contributed by atoms with Gasteiger partial charge in [-0.3, -0.25) is 9.59 Å². The van der Waals surface area contributed by atoms with Crippen molar-refractivity contribution in [1.29, 1.82) is 0 Å². The van der Waals surface area contributed by atoms with Crippen LogP contribution < -0.4 is 20.1 Å². The van der Waals surface area contributed by atoms with E-state index >= 15 is 0 Å². The highest BCUT2D eigenvalue weighted by Gasteiger charge is 2.51. The maximum absolute atomic E-state index is 12.9. The van der Waals surface area contributed by atoms with E-state index < -0.39 is 48.0 Å². The number of carbonyl (C=O) groups excluding carboxylic acids is 4. The first-order chi connectivity index (χ1) is 19.8. The van der Waals surface area contributed by atoms with E-state index in [-0.39, 0.29) is 26.1 Å². The number of amides is 2. The number of rotatable bonds is 16. The maximum Gasteiger partial charge on any atom is 0.328 e. The molecular formula is C30H38N2O9. The minimum absolute atomic E-state index is 0.142. The summed E-state index contributed by atoms with van der Waals surface area (Å²) in [5, 5.41) is 5.27. The quantitative estimate of drug-likeness (QED) is 0.229. The smallest absolute Gasteiger partial charge is 0.328 e. The Balaban J connectivity index is 1.61. The van der Waals surface area contributed by atoms with Gasteiger partial charge in [-0.2, -0.15) is 0 Å². The number of esters is 2. The monoisotopic (exact) mass is 570 g/mol. The summed E-state index contributed by atoms with van der Waals surface area (Å²) in [5.74, 6) is -1.08. The van der Waals surface area contributed by atoms with Crippen LogP contribution in [-0.2, 0) is 46.2 Å². The van der Waals surface area contributed by atoms with Gasteiger partial charge in [0, 0.05) is 12.8 Å². The molecule has 222 valence electrons. The molecule has 2 N–H and O–H groups in total. The molecule has 0 saturated carbocycles. The van der Waals surface area contributed by atoms with Gasteiger partial charge in [-0.1, -0.05) is 24.3 Å². The van der Waals surface area contributed by atoms with Gasteiger partial charge < -0.3 is 34.3 Å². The van der Waals surface area contributed by atoms with Crippen LogP contribution in [0, 0.1) is 0 Å². The van der Waals surface area contributed by atoms with Crippen LogP contribution in [0.25, 0.3) is 0 Å². The predicted octanol–water partition coefficient (Wildman–Crippen LogP) is 2.13. The third-order valence-corrected chi connectivity index (χ3v) is 6.13. The summed E-state index contributed by atoms with van der Waals surface area (Å²) < 4.78 is 26.5. The average Bonchev–Trinajstić information content (AvgIpc) is 3.76. The molecule has 4 atom stereocenters. The molecular weight excluding hydrogens is 532 g/mol. The van der Waals surface area contributed by atoms with Gasteiger partial charge in [0.05, 0.1) is 26.4 Å². The molecule has 11 nitrogen and oxygen atoms in total. The molecule has 2 aromatic carbocycles. The largest absolute Gasteiger partial charge is 0.494 e. The first-order valence-corrected chi connectivity index (χ1v) is 13.8. The van der Waals surface area contributed by atoms with E-state index in [9.17, 15) is 19.2 Å². The lowest BCUT2D eigenvalue weighted by molar-refractivity contribution is -0.148. The molecule has 1 aliphatic rings. The van der Waals surface area contributed by atoms with Gasteiger partial charge in [-0.05, 0) is 63.1 Å². The summed E-state index contributed by atoms with van der Waals surface area (Å²) in [7, 11) is 0. The van der Waals surface area contributed by atoms with E-state index in [1.54, 1.807) is 62.4 Å². The van der Waals surface area contributed by atoms with Gasteiger partial charge in [-0.15, -0.1) is 0 Å². The molecule has 1 heterocycles. The van der Waals surface area contributed by atoms with E-state index in [1.165, 1.54) is 0 Å². The number of hydrogen-bond donors (Lipinski definition) is 2. The van der Waals surface area contributed by atoms with Gasteiger partial charge in [0.1, 0.15) is 23.6 Å². The number of carbonyl (C=O) groups is 4. The predicted molar refractivity (Wildman–Crippen MR) is 148 cm³/mol. The first-order valence-electron chi connectivity index (χ1n) is 13.8. The van der Waals surface area contributed by atoms with Crippen LogP contribution in [0.3, 0.4) is 0 Å². The summed E-state index contributed by atoms with van der Waals surface area (Å²) in [5.41, 5.74) is 1.56. The Morgan fingerprint density at radius 3 is 1.32 bits per heavy atom. The van der Waals surface area contributed by atoms with Crippen LogP contribution in [0.1, 0.15) is 38.8 Å². The maximum atomic E-state index is 12.9. The molecule has 41 heavy (non-hydrogen) atoms. The fraction of sp³-hybridized carbons (Fsp3) is 0.467. The second-order valence-corrected chi connectivity index (χ2v) is 9.17. The zero-order valence-electron chi connectivity index (χ0n) is 23.8. The lowest BCUT2D eigenvalue weighted by Gasteiger charge is -2.18. The highest BCUT2D eigenvalue weighted by Crippen LogP contribution is 2.24. The van der Waals surface area contributed by atoms with Crippen molar-refractivity contribution in [3.63, 3.8) is 0 Å². The molecule has 3 rings (SSSR count). The van der Waals surface area contributed by atoms with E-state index in [2.05, 4.69) is 10.6 Å². The van der Waals surface area contributed by atoms with Crippen molar-refractivity contribution in [2.75, 3.05) is 26.4 Å². The number of nitrogens with one attached hydrogen (secondary N) is 2. The van der Waals surface area contributed by atoms with Gasteiger partial charge in [0.2, 0.25) is 0 Å². The molecule has 0 spiro atoms. The van der Waals surface area contributed by atoms with Crippen LogP contribution in [-0.4, -0.2) is 74.5 Å². The normalized spacial score (nSPS) is 17.0. The topological polar surface area (TPSA) is 142 Å². The number of benzene rings is 2. The van der Waals surface area contributed by atoms with E-state index in [0.29, 0.717) is 24.7 Å². The molecule has 0 bridgehead atoms. The molecule has 0 unspecified atom stereocenters. The van der Waals surface area contributed by atoms with Crippen molar-refractivity contribution in [3.8, 4) is 11.5 Å². The molecule has 1 fully saturated rings. The Morgan fingerprint density at radius 1 is 0.634 bits per heavy atom.